The highest BCUT2D eigenvalue weighted by molar-refractivity contribution is 5.94. The van der Waals surface area contributed by atoms with Crippen LogP contribution in [0.3, 0.4) is 0 Å². The maximum Gasteiger partial charge on any atom is 0.251 e. The van der Waals surface area contributed by atoms with E-state index in [4.69, 9.17) is 0 Å². The maximum atomic E-state index is 12.5. The third-order valence-corrected chi connectivity index (χ3v) is 5.09. The van der Waals surface area contributed by atoms with Gasteiger partial charge in [0.1, 0.15) is 11.6 Å². The molecular formula is C21H31N5O. The normalized spacial score (nSPS) is 15.5. The summed E-state index contributed by atoms with van der Waals surface area (Å²) in [6.45, 7) is 8.51. The SMILES string of the molecule is Cc1nc(C)n(CCCNC(=O)c2cccc(CN3CCCCCC3)c2)n1. The van der Waals surface area contributed by atoms with Crippen LogP contribution in [0.5, 0.6) is 0 Å². The lowest BCUT2D eigenvalue weighted by atomic mass is 10.1. The fourth-order valence-corrected chi connectivity index (χ4v) is 3.67. The van der Waals surface area contributed by atoms with Gasteiger partial charge in [-0.15, -0.1) is 0 Å². The Labute approximate surface area is 162 Å². The van der Waals surface area contributed by atoms with E-state index >= 15 is 0 Å². The maximum absolute atomic E-state index is 12.5. The van der Waals surface area contributed by atoms with Crippen molar-refractivity contribution in [2.75, 3.05) is 19.6 Å². The zero-order valence-electron chi connectivity index (χ0n) is 16.6. The molecule has 3 rings (SSSR count). The molecule has 0 unspecified atom stereocenters. The quantitative estimate of drug-likeness (QED) is 0.762. The minimum absolute atomic E-state index is 0.000732. The second kappa shape index (κ2) is 9.65. The van der Waals surface area contributed by atoms with Gasteiger partial charge in [-0.1, -0.05) is 25.0 Å². The molecule has 1 amide bonds. The average Bonchev–Trinajstić information content (AvgIpc) is 2.84. The Bertz CT molecular complexity index is 747. The molecule has 0 bridgehead atoms. The third-order valence-electron chi connectivity index (χ3n) is 5.09. The van der Waals surface area contributed by atoms with Crippen LogP contribution in [0.4, 0.5) is 0 Å². The van der Waals surface area contributed by atoms with Crippen molar-refractivity contribution in [1.29, 1.82) is 0 Å². The van der Waals surface area contributed by atoms with Gasteiger partial charge >= 0.3 is 0 Å². The number of rotatable bonds is 7. The Balaban J connectivity index is 1.47. The van der Waals surface area contributed by atoms with Crippen LogP contribution in [0.1, 0.15) is 59.7 Å². The summed E-state index contributed by atoms with van der Waals surface area (Å²) in [7, 11) is 0. The molecule has 1 aliphatic heterocycles. The Hall–Kier alpha value is -2.21. The van der Waals surface area contributed by atoms with Crippen LogP contribution in [-0.2, 0) is 13.1 Å². The van der Waals surface area contributed by atoms with E-state index in [-0.39, 0.29) is 5.91 Å². The Morgan fingerprint density at radius 1 is 1.15 bits per heavy atom. The Morgan fingerprint density at radius 3 is 2.63 bits per heavy atom. The zero-order valence-corrected chi connectivity index (χ0v) is 16.6. The molecule has 27 heavy (non-hydrogen) atoms. The highest BCUT2D eigenvalue weighted by Gasteiger charge is 2.11. The minimum atomic E-state index is -0.000732. The number of carbonyl (C=O) groups excluding carboxylic acids is 1. The third kappa shape index (κ3) is 5.89. The van der Waals surface area contributed by atoms with Crippen LogP contribution >= 0.6 is 0 Å². The van der Waals surface area contributed by atoms with Gasteiger partial charge in [0.2, 0.25) is 0 Å². The molecule has 2 aromatic rings. The lowest BCUT2D eigenvalue weighted by Gasteiger charge is -2.20. The van der Waals surface area contributed by atoms with Gasteiger partial charge in [0.15, 0.2) is 0 Å². The van der Waals surface area contributed by atoms with Crippen LogP contribution in [-0.4, -0.2) is 45.2 Å². The van der Waals surface area contributed by atoms with Crippen molar-refractivity contribution in [1.82, 2.24) is 25.0 Å². The van der Waals surface area contributed by atoms with Crippen molar-refractivity contribution in [2.24, 2.45) is 0 Å². The fourth-order valence-electron chi connectivity index (χ4n) is 3.67. The van der Waals surface area contributed by atoms with E-state index in [9.17, 15) is 4.79 Å². The van der Waals surface area contributed by atoms with Crippen molar-refractivity contribution in [3.05, 3.63) is 47.0 Å². The number of carbonyl (C=O) groups is 1. The van der Waals surface area contributed by atoms with E-state index in [0.717, 1.165) is 49.8 Å². The Morgan fingerprint density at radius 2 is 1.93 bits per heavy atom. The average molecular weight is 370 g/mol. The molecule has 1 aliphatic rings. The zero-order chi connectivity index (χ0) is 19.1. The molecule has 0 spiro atoms. The van der Waals surface area contributed by atoms with E-state index in [1.165, 1.54) is 31.2 Å². The number of aryl methyl sites for hydroxylation is 3. The highest BCUT2D eigenvalue weighted by Crippen LogP contribution is 2.14. The molecule has 146 valence electrons. The predicted octanol–water partition coefficient (Wildman–Crippen LogP) is 3.09. The summed E-state index contributed by atoms with van der Waals surface area (Å²) in [5.41, 5.74) is 1.97. The first-order valence-electron chi connectivity index (χ1n) is 10.1. The van der Waals surface area contributed by atoms with Gasteiger partial charge in [0.05, 0.1) is 0 Å². The molecule has 0 saturated carbocycles. The van der Waals surface area contributed by atoms with Gasteiger partial charge in [-0.3, -0.25) is 14.4 Å². The summed E-state index contributed by atoms with van der Waals surface area (Å²) in [4.78, 5) is 19.3. The summed E-state index contributed by atoms with van der Waals surface area (Å²) in [6, 6.07) is 8.04. The molecule has 2 heterocycles. The van der Waals surface area contributed by atoms with E-state index in [2.05, 4.69) is 26.4 Å². The van der Waals surface area contributed by atoms with Gasteiger partial charge in [-0.05, 0) is 63.9 Å². The van der Waals surface area contributed by atoms with Crippen LogP contribution < -0.4 is 5.32 Å². The summed E-state index contributed by atoms with van der Waals surface area (Å²) < 4.78 is 1.89. The van der Waals surface area contributed by atoms with Crippen LogP contribution in [0, 0.1) is 13.8 Å². The monoisotopic (exact) mass is 369 g/mol. The van der Waals surface area contributed by atoms with Crippen molar-refractivity contribution in [2.45, 2.75) is 59.0 Å². The Kier molecular flexibility index (Phi) is 6.98. The van der Waals surface area contributed by atoms with Gasteiger partial charge in [0, 0.05) is 25.2 Å². The number of nitrogens with one attached hydrogen (secondary N) is 1. The molecule has 1 N–H and O–H groups in total. The second-order valence-electron chi connectivity index (χ2n) is 7.43. The van der Waals surface area contributed by atoms with E-state index in [1.807, 2.05) is 36.7 Å². The van der Waals surface area contributed by atoms with Gasteiger partial charge < -0.3 is 5.32 Å². The first-order valence-corrected chi connectivity index (χ1v) is 10.1. The largest absolute Gasteiger partial charge is 0.352 e. The number of hydrogen-bond donors (Lipinski definition) is 1. The number of hydrogen-bond acceptors (Lipinski definition) is 4. The molecule has 1 aromatic carbocycles. The molecule has 1 saturated heterocycles. The predicted molar refractivity (Wildman–Crippen MR) is 107 cm³/mol. The number of aromatic nitrogens is 3. The molecule has 0 radical (unpaired) electrons. The van der Waals surface area contributed by atoms with Crippen molar-refractivity contribution in [3.8, 4) is 0 Å². The van der Waals surface area contributed by atoms with Crippen LogP contribution in [0.2, 0.25) is 0 Å². The second-order valence-corrected chi connectivity index (χ2v) is 7.43. The van der Waals surface area contributed by atoms with Gasteiger partial charge in [-0.25, -0.2) is 4.98 Å². The number of likely N-dealkylation sites (tertiary alicyclic amines) is 1. The lowest BCUT2D eigenvalue weighted by Crippen LogP contribution is -2.26. The van der Waals surface area contributed by atoms with E-state index in [0.29, 0.717) is 6.54 Å². The topological polar surface area (TPSA) is 63.1 Å². The minimum Gasteiger partial charge on any atom is -0.352 e. The molecule has 1 fully saturated rings. The van der Waals surface area contributed by atoms with Crippen LogP contribution in [0.25, 0.3) is 0 Å². The molecule has 1 aromatic heterocycles. The standard InChI is InChI=1S/C21H31N5O/c1-17-23-18(2)26(24-17)14-8-11-22-21(27)20-10-7-9-19(15-20)16-25-12-5-3-4-6-13-25/h7,9-10,15H,3-6,8,11-14,16H2,1-2H3,(H,22,27). The van der Waals surface area contributed by atoms with Gasteiger partial charge in [0.25, 0.3) is 5.91 Å². The molecule has 0 atom stereocenters. The van der Waals surface area contributed by atoms with E-state index < -0.39 is 0 Å². The first kappa shape index (κ1) is 19.5. The van der Waals surface area contributed by atoms with Crippen molar-refractivity contribution >= 4 is 5.91 Å². The molecular weight excluding hydrogens is 338 g/mol. The molecule has 0 aliphatic carbocycles. The summed E-state index contributed by atoms with van der Waals surface area (Å²) in [5.74, 6) is 1.71. The van der Waals surface area contributed by atoms with E-state index in [1.54, 1.807) is 0 Å². The molecule has 6 nitrogen and oxygen atoms in total. The first-order chi connectivity index (χ1) is 13.1. The lowest BCUT2D eigenvalue weighted by molar-refractivity contribution is 0.0952. The smallest absolute Gasteiger partial charge is 0.251 e. The summed E-state index contributed by atoms with van der Waals surface area (Å²) in [6.07, 6.45) is 6.08. The summed E-state index contributed by atoms with van der Waals surface area (Å²) in [5, 5.41) is 7.37. The molecule has 6 heteroatoms. The van der Waals surface area contributed by atoms with Crippen molar-refractivity contribution in [3.63, 3.8) is 0 Å². The highest BCUT2D eigenvalue weighted by atomic mass is 16.1. The van der Waals surface area contributed by atoms with Gasteiger partial charge in [-0.2, -0.15) is 5.10 Å². The number of nitrogens with zero attached hydrogens (tertiary/aromatic N) is 4. The van der Waals surface area contributed by atoms with Crippen LogP contribution in [0.15, 0.2) is 24.3 Å². The van der Waals surface area contributed by atoms with Crippen molar-refractivity contribution < 1.29 is 4.79 Å². The fraction of sp³-hybridized carbons (Fsp3) is 0.571. The number of benzene rings is 1. The summed E-state index contributed by atoms with van der Waals surface area (Å²) >= 11 is 0. The number of amides is 1.